The maximum Gasteiger partial charge on any atom is 0.0321 e. The first kappa shape index (κ1) is 13.0. The fourth-order valence-electron chi connectivity index (χ4n) is 2.76. The van der Waals surface area contributed by atoms with Crippen LogP contribution in [-0.4, -0.2) is 36.1 Å². The average Bonchev–Trinajstić information content (AvgIpc) is 2.92. The van der Waals surface area contributed by atoms with E-state index in [1.807, 2.05) is 13.8 Å². The molecular weight excluding hydrogens is 184 g/mol. The van der Waals surface area contributed by atoms with Crippen molar-refractivity contribution in [2.45, 2.75) is 65.0 Å². The van der Waals surface area contributed by atoms with Gasteiger partial charge in [-0.1, -0.05) is 20.8 Å². The highest BCUT2D eigenvalue weighted by molar-refractivity contribution is 5.01. The minimum Gasteiger partial charge on any atom is -0.310 e. The third kappa shape index (κ3) is 2.94. The molecule has 2 rings (SSSR count). The summed E-state index contributed by atoms with van der Waals surface area (Å²) in [6.45, 7) is 12.5. The van der Waals surface area contributed by atoms with Crippen molar-refractivity contribution >= 4 is 0 Å². The molecule has 2 fully saturated rings. The zero-order valence-corrected chi connectivity index (χ0v) is 11.0. The molecule has 0 aromatic carbocycles. The van der Waals surface area contributed by atoms with E-state index in [1.165, 1.54) is 45.3 Å². The lowest BCUT2D eigenvalue weighted by Crippen LogP contribution is -2.43. The van der Waals surface area contributed by atoms with E-state index in [4.69, 9.17) is 0 Å². The number of nitrogens with zero attached hydrogens (tertiary/aromatic N) is 1. The van der Waals surface area contributed by atoms with E-state index in [0.29, 0.717) is 5.54 Å². The topological polar surface area (TPSA) is 15.3 Å². The molecule has 0 amide bonds. The second kappa shape index (κ2) is 5.86. The number of hydrogen-bond donors (Lipinski definition) is 1. The van der Waals surface area contributed by atoms with Crippen LogP contribution in [0.15, 0.2) is 0 Å². The Morgan fingerprint density at radius 1 is 1.33 bits per heavy atom. The Kier molecular flexibility index (Phi) is 5.07. The molecule has 2 heteroatoms. The van der Waals surface area contributed by atoms with E-state index in [9.17, 15) is 0 Å². The van der Waals surface area contributed by atoms with Gasteiger partial charge in [0.1, 0.15) is 0 Å². The van der Waals surface area contributed by atoms with E-state index < -0.39 is 0 Å². The summed E-state index contributed by atoms with van der Waals surface area (Å²) in [6, 6.07) is 0.779. The van der Waals surface area contributed by atoms with Crippen molar-refractivity contribution in [3.63, 3.8) is 0 Å². The van der Waals surface area contributed by atoms with Gasteiger partial charge in [-0.15, -0.1) is 0 Å². The number of likely N-dealkylation sites (tertiary alicyclic amines) is 1. The Bertz CT molecular complexity index is 173. The largest absolute Gasteiger partial charge is 0.310 e. The standard InChI is InChI=1S/C11H22N2.C2H6/c1-3-10(2)13-8-6-11(9-13)5-4-7-12-11;1-2/h10,12H,3-9H2,1-2H3;1-2H3. The third-order valence-electron chi connectivity index (χ3n) is 3.93. The minimum atomic E-state index is 0.517. The summed E-state index contributed by atoms with van der Waals surface area (Å²) >= 11 is 0. The van der Waals surface area contributed by atoms with Gasteiger partial charge in [0.05, 0.1) is 0 Å². The van der Waals surface area contributed by atoms with Crippen LogP contribution < -0.4 is 5.32 Å². The summed E-state index contributed by atoms with van der Waals surface area (Å²) in [7, 11) is 0. The first-order valence-corrected chi connectivity index (χ1v) is 6.75. The lowest BCUT2D eigenvalue weighted by molar-refractivity contribution is 0.230. The first-order chi connectivity index (χ1) is 7.26. The van der Waals surface area contributed by atoms with E-state index in [1.54, 1.807) is 0 Å². The third-order valence-corrected chi connectivity index (χ3v) is 3.93. The number of hydrogen-bond acceptors (Lipinski definition) is 2. The Morgan fingerprint density at radius 2 is 2.07 bits per heavy atom. The van der Waals surface area contributed by atoms with Gasteiger partial charge in [0.15, 0.2) is 0 Å². The predicted octanol–water partition coefficient (Wildman–Crippen LogP) is 2.64. The second-order valence-electron chi connectivity index (χ2n) is 4.79. The van der Waals surface area contributed by atoms with Crippen molar-refractivity contribution in [3.8, 4) is 0 Å². The maximum atomic E-state index is 3.70. The van der Waals surface area contributed by atoms with Crippen molar-refractivity contribution in [3.05, 3.63) is 0 Å². The van der Waals surface area contributed by atoms with Crippen LogP contribution in [0.3, 0.4) is 0 Å². The molecule has 0 saturated carbocycles. The monoisotopic (exact) mass is 212 g/mol. The molecule has 2 atom stereocenters. The molecule has 90 valence electrons. The van der Waals surface area contributed by atoms with Gasteiger partial charge in [-0.05, 0) is 39.2 Å². The zero-order chi connectivity index (χ0) is 11.3. The molecule has 0 radical (unpaired) electrons. The molecular formula is C13H28N2. The van der Waals surface area contributed by atoms with E-state index in [-0.39, 0.29) is 0 Å². The highest BCUT2D eigenvalue weighted by Crippen LogP contribution is 2.31. The SMILES string of the molecule is CC.CCC(C)N1CCC2(CCCN2)C1. The fourth-order valence-corrected chi connectivity index (χ4v) is 2.76. The molecule has 2 aliphatic rings. The first-order valence-electron chi connectivity index (χ1n) is 6.75. The van der Waals surface area contributed by atoms with Crippen molar-refractivity contribution < 1.29 is 0 Å². The van der Waals surface area contributed by atoms with Gasteiger partial charge in [-0.2, -0.15) is 0 Å². The predicted molar refractivity (Wildman–Crippen MR) is 67.3 cm³/mol. The van der Waals surface area contributed by atoms with E-state index in [2.05, 4.69) is 24.1 Å². The van der Waals surface area contributed by atoms with Gasteiger partial charge in [-0.25, -0.2) is 0 Å². The molecule has 2 unspecified atom stereocenters. The molecule has 0 aromatic heterocycles. The van der Waals surface area contributed by atoms with Crippen LogP contribution in [0.2, 0.25) is 0 Å². The molecule has 2 saturated heterocycles. The summed E-state index contributed by atoms with van der Waals surface area (Å²) in [6.07, 6.45) is 5.45. The smallest absolute Gasteiger partial charge is 0.0321 e. The molecule has 2 nitrogen and oxygen atoms in total. The summed E-state index contributed by atoms with van der Waals surface area (Å²) in [4.78, 5) is 2.65. The fraction of sp³-hybridized carbons (Fsp3) is 1.00. The van der Waals surface area contributed by atoms with Crippen molar-refractivity contribution in [2.75, 3.05) is 19.6 Å². The summed E-state index contributed by atoms with van der Waals surface area (Å²) in [5, 5.41) is 3.70. The lowest BCUT2D eigenvalue weighted by Gasteiger charge is -2.27. The van der Waals surface area contributed by atoms with Gasteiger partial charge < -0.3 is 5.32 Å². The van der Waals surface area contributed by atoms with Crippen molar-refractivity contribution in [2.24, 2.45) is 0 Å². The van der Waals surface area contributed by atoms with Gasteiger partial charge >= 0.3 is 0 Å². The average molecular weight is 212 g/mol. The summed E-state index contributed by atoms with van der Waals surface area (Å²) < 4.78 is 0. The van der Waals surface area contributed by atoms with Crippen LogP contribution in [0.4, 0.5) is 0 Å². The Balaban J connectivity index is 0.000000531. The Labute approximate surface area is 95.4 Å². The maximum absolute atomic E-state index is 3.70. The van der Waals surface area contributed by atoms with Crippen LogP contribution in [0.25, 0.3) is 0 Å². The van der Waals surface area contributed by atoms with E-state index >= 15 is 0 Å². The second-order valence-corrected chi connectivity index (χ2v) is 4.79. The lowest BCUT2D eigenvalue weighted by atomic mass is 9.97. The molecule has 0 aromatic rings. The van der Waals surface area contributed by atoms with Crippen LogP contribution in [0.5, 0.6) is 0 Å². The quantitative estimate of drug-likeness (QED) is 0.757. The van der Waals surface area contributed by atoms with Gasteiger partial charge in [0.2, 0.25) is 0 Å². The Morgan fingerprint density at radius 3 is 2.60 bits per heavy atom. The van der Waals surface area contributed by atoms with Crippen molar-refractivity contribution in [1.82, 2.24) is 10.2 Å². The van der Waals surface area contributed by atoms with Gasteiger partial charge in [0, 0.05) is 24.7 Å². The number of rotatable bonds is 2. The molecule has 1 N–H and O–H groups in total. The van der Waals surface area contributed by atoms with Crippen LogP contribution >= 0.6 is 0 Å². The van der Waals surface area contributed by atoms with Gasteiger partial charge in [-0.3, -0.25) is 4.90 Å². The normalized spacial score (nSPS) is 32.8. The van der Waals surface area contributed by atoms with E-state index in [0.717, 1.165) is 6.04 Å². The Hall–Kier alpha value is -0.0800. The summed E-state index contributed by atoms with van der Waals surface area (Å²) in [5.74, 6) is 0. The highest BCUT2D eigenvalue weighted by Gasteiger charge is 2.40. The molecule has 0 aliphatic carbocycles. The zero-order valence-electron chi connectivity index (χ0n) is 11.0. The van der Waals surface area contributed by atoms with Gasteiger partial charge in [0.25, 0.3) is 0 Å². The molecule has 1 spiro atoms. The molecule has 15 heavy (non-hydrogen) atoms. The molecule has 2 heterocycles. The van der Waals surface area contributed by atoms with Crippen molar-refractivity contribution in [1.29, 1.82) is 0 Å². The van der Waals surface area contributed by atoms with Crippen LogP contribution in [0, 0.1) is 0 Å². The molecule has 0 bridgehead atoms. The van der Waals surface area contributed by atoms with Crippen LogP contribution in [-0.2, 0) is 0 Å². The molecule has 2 aliphatic heterocycles. The minimum absolute atomic E-state index is 0.517. The van der Waals surface area contributed by atoms with Crippen LogP contribution in [0.1, 0.15) is 53.4 Å². The summed E-state index contributed by atoms with van der Waals surface area (Å²) in [5.41, 5.74) is 0.517. The number of nitrogens with one attached hydrogen (secondary N) is 1. The highest BCUT2D eigenvalue weighted by atomic mass is 15.2.